The van der Waals surface area contributed by atoms with E-state index in [4.69, 9.17) is 123 Å². The van der Waals surface area contributed by atoms with Crippen LogP contribution in [0.2, 0.25) is 0 Å². The number of ether oxygens (including phenoxy) is 17. The van der Waals surface area contributed by atoms with E-state index in [9.17, 15) is 47.9 Å². The number of rotatable bonds is 42. The number of carbonyl (C=O) groups is 10. The molecule has 0 aliphatic carbocycles. The van der Waals surface area contributed by atoms with Crippen LogP contribution in [0.4, 0.5) is 0 Å². The van der Waals surface area contributed by atoms with Crippen molar-refractivity contribution in [3.8, 4) is 40.2 Å². The summed E-state index contributed by atoms with van der Waals surface area (Å²) in [6, 6.07) is 43.8. The van der Waals surface area contributed by atoms with Gasteiger partial charge in [0.05, 0.1) is 108 Å². The van der Waals surface area contributed by atoms with E-state index in [-0.39, 0.29) is 89.0 Å². The zero-order valence-electron chi connectivity index (χ0n) is 70.8. The van der Waals surface area contributed by atoms with Crippen LogP contribution in [0.3, 0.4) is 0 Å². The Morgan fingerprint density at radius 1 is 0.354 bits per heavy atom. The van der Waals surface area contributed by atoms with E-state index >= 15 is 0 Å². The van der Waals surface area contributed by atoms with Gasteiger partial charge in [-0.15, -0.1) is 11.6 Å². The first-order valence-electron chi connectivity index (χ1n) is 37.1. The number of aliphatic hydroxyl groups is 2. The molecule has 0 aromatic heterocycles. The number of aromatic hydroxyl groups is 3. The summed E-state index contributed by atoms with van der Waals surface area (Å²) in [6.07, 6.45) is 5.84. The number of carboxylic acids is 2. The first-order valence-corrected chi connectivity index (χ1v) is 38.6. The van der Waals surface area contributed by atoms with Gasteiger partial charge in [0.2, 0.25) is 5.24 Å². The van der Waals surface area contributed by atoms with Crippen molar-refractivity contribution in [1.82, 2.24) is 0 Å². The highest BCUT2D eigenvalue weighted by molar-refractivity contribution is 6.67. The standard InChI is InChI=1S/C25H26O8.C15H18O6.C13H18O6.C10H10O3.C9H10O4.C7H6O3.C4H9ClO2.C4H5ClO.C2H5ClO.CH4/c1-18(2)24(27)32-17-15-30-14-16-31-21-11-7-20(8-12-21)25(28)33-22-9-4-19(5-10-22)6-13-23(26)29-3;1-11(2)15(18)21-10-8-19-7-9-20-13-5-3-12(4-6-13)14(16)17;1-16-10-19-13(15)11-2-4-12(5-3-11)18-9-8-17-7-6-14;1-13-10(12)7-4-8-2-5-9(11)6-3-8;1-12-6-13-9(11)7-2-4-8(10)5-3-7;8-6-3-1-5(2-4-6)7(9)10;5-1-3-7-4-2-6;1-3(2)4(5)6;1-4-2-3;/h4-13H,1,14-17H2,2-3H3;3-6H,1,7-10H2,2H3,(H,16,17);2-5,14H,6-10H2,1H3;2-7,11H,1H3;2-5,10H,6H2,1H3;1-4,8H,(H,9,10);6H,1-4H2;1H2,2H3;2H2,1H3;1H4/b13-6+;;;7-4+;;;;;;. The maximum Gasteiger partial charge on any atom is 0.343 e. The molecule has 7 aromatic rings. The molecule has 0 atom stereocenters. The lowest BCUT2D eigenvalue weighted by molar-refractivity contribution is -0.141. The van der Waals surface area contributed by atoms with Gasteiger partial charge in [0.1, 0.15) is 79.3 Å². The second-order valence-electron chi connectivity index (χ2n) is 23.6. The molecule has 0 heterocycles. The van der Waals surface area contributed by atoms with Crippen molar-refractivity contribution < 1.29 is 164 Å². The summed E-state index contributed by atoms with van der Waals surface area (Å²) in [5.41, 5.74) is 4.24. The third-order valence-electron chi connectivity index (χ3n) is 13.6. The molecule has 7 aromatic carbocycles. The molecule has 0 unspecified atom stereocenters. The fourth-order valence-corrected chi connectivity index (χ4v) is 7.51. The number of phenols is 3. The molecular weight excluding hydrogens is 1730 g/mol. The zero-order chi connectivity index (χ0) is 94.7. The molecule has 0 spiro atoms. The molecule has 0 aliphatic heterocycles. The van der Waals surface area contributed by atoms with Crippen molar-refractivity contribution in [3.63, 3.8) is 0 Å². The fraction of sp³-hybridized carbons (Fsp3) is 0.311. The molecule has 0 fully saturated rings. The Labute approximate surface area is 752 Å². The molecule has 0 radical (unpaired) electrons. The first kappa shape index (κ1) is 119. The molecule has 0 aliphatic rings. The highest BCUT2D eigenvalue weighted by Crippen LogP contribution is 2.20. The summed E-state index contributed by atoms with van der Waals surface area (Å²) in [4.78, 5) is 110. The number of hydrogen-bond donors (Lipinski definition) is 7. The van der Waals surface area contributed by atoms with Gasteiger partial charge in [0, 0.05) is 56.1 Å². The summed E-state index contributed by atoms with van der Waals surface area (Å²) in [5.74, 6) is -2.07. The van der Waals surface area contributed by atoms with Gasteiger partial charge in [-0.05, 0) is 201 Å². The van der Waals surface area contributed by atoms with Crippen LogP contribution in [0, 0.1) is 0 Å². The number of aliphatic hydroxyl groups excluding tert-OH is 2. The summed E-state index contributed by atoms with van der Waals surface area (Å²) >= 11 is 15.1. The maximum absolute atomic E-state index is 12.3. The van der Waals surface area contributed by atoms with Gasteiger partial charge in [-0.3, -0.25) is 4.79 Å². The van der Waals surface area contributed by atoms with Gasteiger partial charge in [0.15, 0.2) is 13.6 Å². The molecule has 34 nitrogen and oxygen atoms in total. The molecule has 0 amide bonds. The first-order chi connectivity index (χ1) is 60.3. The minimum Gasteiger partial charge on any atom is -0.508 e. The average Bonchev–Trinajstić information content (AvgIpc) is 0.861. The summed E-state index contributed by atoms with van der Waals surface area (Å²) in [7, 11) is 7.06. The van der Waals surface area contributed by atoms with E-state index in [0.29, 0.717) is 128 Å². The number of alkyl halides is 2. The van der Waals surface area contributed by atoms with Crippen LogP contribution in [0.1, 0.15) is 91.1 Å². The zero-order valence-corrected chi connectivity index (χ0v) is 73.1. The lowest BCUT2D eigenvalue weighted by atomic mass is 10.2. The largest absolute Gasteiger partial charge is 0.508 e. The van der Waals surface area contributed by atoms with Crippen LogP contribution in [-0.2, 0) is 85.6 Å². The predicted molar refractivity (Wildman–Crippen MR) is 472 cm³/mol. The number of hydrogen-bond acceptors (Lipinski definition) is 32. The number of halogens is 3. The van der Waals surface area contributed by atoms with Crippen LogP contribution in [-0.4, -0.2) is 255 Å². The van der Waals surface area contributed by atoms with Crippen LogP contribution < -0.4 is 18.9 Å². The molecule has 0 saturated heterocycles. The Hall–Kier alpha value is -12.6. The van der Waals surface area contributed by atoms with Crippen molar-refractivity contribution in [2.45, 2.75) is 28.2 Å². The van der Waals surface area contributed by atoms with E-state index in [1.54, 1.807) is 149 Å². The Morgan fingerprint density at radius 3 is 0.921 bits per heavy atom. The van der Waals surface area contributed by atoms with E-state index in [2.05, 4.69) is 48.2 Å². The Kier molecular flexibility index (Phi) is 72.0. The molecule has 0 bridgehead atoms. The summed E-state index contributed by atoms with van der Waals surface area (Å²) in [5, 5.41) is 60.0. The van der Waals surface area contributed by atoms with E-state index < -0.39 is 59.0 Å². The van der Waals surface area contributed by atoms with Gasteiger partial charge >= 0.3 is 53.7 Å². The number of benzene rings is 7. The SMILES string of the molecule is C.C=C(C)C(=O)Cl.C=C(C)C(=O)OCCOCCOc1ccc(C(=O)O)cc1.C=C(C)C(=O)OCCOCCOc1ccc(C(=O)Oc2ccc(/C=C/C(=O)OC)cc2)cc1.COC(=O)/C=C/c1ccc(O)cc1.COCCl.COCOC(=O)c1ccc(O)cc1.COCOC(=O)c1ccc(OCCOCCO)cc1.O=C(O)c1ccc(O)cc1.OCCOCCCl. The topological polar surface area (TPSA) is 469 Å². The van der Waals surface area contributed by atoms with Gasteiger partial charge in [-0.25, -0.2) is 43.2 Å². The lowest BCUT2D eigenvalue weighted by Crippen LogP contribution is -2.14. The summed E-state index contributed by atoms with van der Waals surface area (Å²) < 4.78 is 83.7. The number of allylic oxidation sites excluding steroid dienone is 1. The Bertz CT molecular complexity index is 4290. The third kappa shape index (κ3) is 64.8. The molecule has 0 saturated carbocycles. The molecule has 127 heavy (non-hydrogen) atoms. The Morgan fingerprint density at radius 2 is 0.630 bits per heavy atom. The number of carbonyl (C=O) groups excluding carboxylic acids is 8. The second kappa shape index (κ2) is 77.1. The van der Waals surface area contributed by atoms with Crippen molar-refractivity contribution in [3.05, 3.63) is 257 Å². The van der Waals surface area contributed by atoms with Crippen molar-refractivity contribution in [1.29, 1.82) is 0 Å². The van der Waals surface area contributed by atoms with E-state index in [1.165, 1.54) is 101 Å². The van der Waals surface area contributed by atoms with Crippen LogP contribution >= 0.6 is 34.8 Å². The number of carboxylic acid groups (broad SMARTS) is 2. The highest BCUT2D eigenvalue weighted by atomic mass is 35.5. The van der Waals surface area contributed by atoms with Crippen molar-refractivity contribution in [2.75, 3.05) is 160 Å². The van der Waals surface area contributed by atoms with Crippen LogP contribution in [0.15, 0.2) is 218 Å². The van der Waals surface area contributed by atoms with Gasteiger partial charge in [0.25, 0.3) is 0 Å². The van der Waals surface area contributed by atoms with Crippen molar-refractivity contribution >= 4 is 106 Å². The molecule has 7 N–H and O–H groups in total. The van der Waals surface area contributed by atoms with Crippen LogP contribution in [0.5, 0.6) is 40.2 Å². The van der Waals surface area contributed by atoms with E-state index in [0.717, 1.165) is 11.1 Å². The predicted octanol–water partition coefficient (Wildman–Crippen LogP) is 13.2. The average molecular weight is 1840 g/mol. The molecule has 37 heteroatoms. The van der Waals surface area contributed by atoms with E-state index in [1.807, 2.05) is 0 Å². The van der Waals surface area contributed by atoms with Gasteiger partial charge in [-0.1, -0.05) is 63.0 Å². The molecule has 696 valence electrons. The number of methoxy groups -OCH3 is 5. The quantitative estimate of drug-likeness (QED) is 0.00273. The lowest BCUT2D eigenvalue weighted by Gasteiger charge is -2.09. The number of esters is 7. The van der Waals surface area contributed by atoms with Gasteiger partial charge < -0.3 is 116 Å². The minimum atomic E-state index is -0.986. The normalized spacial score (nSPS) is 9.77. The van der Waals surface area contributed by atoms with Crippen molar-refractivity contribution in [2.24, 2.45) is 0 Å². The minimum absolute atomic E-state index is 0. The Balaban J connectivity index is -0.00000144. The fourth-order valence-electron chi connectivity index (χ4n) is 7.40. The second-order valence-corrected chi connectivity index (χ2v) is 24.6. The third-order valence-corrected chi connectivity index (χ3v) is 14.3. The smallest absolute Gasteiger partial charge is 0.343 e. The summed E-state index contributed by atoms with van der Waals surface area (Å²) in [6.45, 7) is 19.0. The maximum atomic E-state index is 12.3. The molecule has 7 rings (SSSR count). The number of aromatic carboxylic acids is 2. The molecular formula is C90H111Cl3O34. The monoisotopic (exact) mass is 1840 g/mol. The van der Waals surface area contributed by atoms with Crippen LogP contribution in [0.25, 0.3) is 12.2 Å². The highest BCUT2D eigenvalue weighted by Gasteiger charge is 2.12. The van der Waals surface area contributed by atoms with Gasteiger partial charge in [-0.2, -0.15) is 0 Å². The number of phenolic OH excluding ortho intramolecular Hbond substituents is 3.